The molecule has 1 amide bonds. The van der Waals surface area contributed by atoms with Crippen LogP contribution in [-0.2, 0) is 20.9 Å². The quantitative estimate of drug-likeness (QED) is 0.0696. The molecule has 10 nitrogen and oxygen atoms in total. The molecule has 1 aliphatic carbocycles. The van der Waals surface area contributed by atoms with Gasteiger partial charge in [-0.25, -0.2) is 9.98 Å². The zero-order valence-corrected chi connectivity index (χ0v) is 28.9. The van der Waals surface area contributed by atoms with Crippen LogP contribution < -0.4 is 10.5 Å². The number of unbranched alkanes of at least 4 members (excludes halogenated alkanes) is 2. The van der Waals surface area contributed by atoms with Gasteiger partial charge in [-0.2, -0.15) is 0 Å². The van der Waals surface area contributed by atoms with Crippen LogP contribution in [0.4, 0.5) is 11.4 Å². The lowest BCUT2D eigenvalue weighted by molar-refractivity contribution is -0.148. The number of nitrogens with zero attached hydrogens (tertiary/aromatic N) is 3. The van der Waals surface area contributed by atoms with E-state index in [2.05, 4.69) is 31.1 Å². The van der Waals surface area contributed by atoms with E-state index in [1.807, 2.05) is 13.8 Å². The van der Waals surface area contributed by atoms with Crippen molar-refractivity contribution in [2.45, 2.75) is 105 Å². The number of aryl methyl sites for hydroxylation is 1. The van der Waals surface area contributed by atoms with Gasteiger partial charge in [-0.05, 0) is 55.6 Å². The van der Waals surface area contributed by atoms with Crippen molar-refractivity contribution in [1.29, 1.82) is 0 Å². The number of hydrogen-bond donors (Lipinski definition) is 3. The minimum absolute atomic E-state index is 0.0875. The maximum Gasteiger partial charge on any atom is 0.252 e. The summed E-state index contributed by atoms with van der Waals surface area (Å²) in [4.78, 5) is 36.4. The molecule has 252 valence electrons. The second-order valence-electron chi connectivity index (χ2n) is 14.0. The first-order valence-electron chi connectivity index (χ1n) is 16.2. The highest BCUT2D eigenvalue weighted by atomic mass is 32.1. The fourth-order valence-corrected chi connectivity index (χ4v) is 6.19. The van der Waals surface area contributed by atoms with Gasteiger partial charge in [0.15, 0.2) is 6.61 Å². The van der Waals surface area contributed by atoms with Gasteiger partial charge in [-0.15, -0.1) is 12.6 Å². The molecule has 0 bridgehead atoms. The largest absolute Gasteiger partial charge is 0.484 e. The van der Waals surface area contributed by atoms with E-state index >= 15 is 0 Å². The number of likely N-dealkylation sites (tertiary alicyclic amines) is 1. The van der Waals surface area contributed by atoms with Crippen molar-refractivity contribution >= 4 is 40.9 Å². The molecule has 1 aromatic heterocycles. The summed E-state index contributed by atoms with van der Waals surface area (Å²) in [5.41, 5.74) is 7.19. The number of aliphatic hydroxyl groups is 1. The van der Waals surface area contributed by atoms with Gasteiger partial charge in [-0.3, -0.25) is 9.59 Å². The number of nitrogen functional groups attached to an aromatic ring is 1. The van der Waals surface area contributed by atoms with E-state index in [1.54, 1.807) is 45.2 Å². The van der Waals surface area contributed by atoms with Crippen LogP contribution in [-0.4, -0.2) is 56.7 Å². The Morgan fingerprint density at radius 3 is 2.59 bits per heavy atom. The first-order valence-corrected chi connectivity index (χ1v) is 16.7. The van der Waals surface area contributed by atoms with Crippen LogP contribution in [0, 0.1) is 30.1 Å². The average molecular weight is 655 g/mol. The van der Waals surface area contributed by atoms with Gasteiger partial charge in [0.25, 0.3) is 5.91 Å². The molecule has 11 heteroatoms. The van der Waals surface area contributed by atoms with Crippen molar-refractivity contribution in [1.82, 2.24) is 9.88 Å². The Hall–Kier alpha value is -3.31. The van der Waals surface area contributed by atoms with Gasteiger partial charge in [0.1, 0.15) is 29.8 Å². The van der Waals surface area contributed by atoms with E-state index in [0.29, 0.717) is 40.8 Å². The van der Waals surface area contributed by atoms with Crippen LogP contribution >= 0.6 is 12.6 Å². The molecule has 2 aromatic rings. The minimum atomic E-state index is -1.29. The lowest BCUT2D eigenvalue weighted by Crippen LogP contribution is -2.49. The van der Waals surface area contributed by atoms with E-state index in [1.165, 1.54) is 24.2 Å². The smallest absolute Gasteiger partial charge is 0.252 e. The van der Waals surface area contributed by atoms with Crippen molar-refractivity contribution in [2.75, 3.05) is 12.3 Å². The standard InChI is InChI=1S/C35H50N4O6S/c1-20(11-9-8-10-12-24-15-21(24)2)32(38-27-16-25(13-14-26(27)36)43-19-29-37-17-22(3)44-29)45-28-18-39(30(23(28)4)34(42)46)33(41)31(40)35(5,6)7/h13-14,16-17,21,23-24,28,30-31,40H,1,8-12,15,18-19,36H2,2-7H3,(H,42,46)/t21?,23-,24?,28+,30?,31-/m1/s1. The molecule has 4 rings (SSSR count). The third-order valence-electron chi connectivity index (χ3n) is 9.04. The summed E-state index contributed by atoms with van der Waals surface area (Å²) in [6.07, 6.45) is 6.17. The SMILES string of the molecule is C=C(CCCCCC1CC1C)C(=Nc1cc(OCc2ncc(C)o2)ccc1N)O[C@H]1CN(C(=O)[C@@H](O)C(C)(C)C)C(C(=O)S)[C@@H]1C. The van der Waals surface area contributed by atoms with Crippen molar-refractivity contribution in [3.63, 3.8) is 0 Å². The van der Waals surface area contributed by atoms with Gasteiger partial charge in [-0.1, -0.05) is 60.5 Å². The summed E-state index contributed by atoms with van der Waals surface area (Å²) in [6, 6.07) is 4.30. The van der Waals surface area contributed by atoms with Crippen LogP contribution in [0.5, 0.6) is 5.75 Å². The minimum Gasteiger partial charge on any atom is -0.484 e. The summed E-state index contributed by atoms with van der Waals surface area (Å²) >= 11 is 4.10. The van der Waals surface area contributed by atoms with Crippen molar-refractivity contribution in [3.8, 4) is 5.75 Å². The van der Waals surface area contributed by atoms with E-state index in [-0.39, 0.29) is 19.0 Å². The molecule has 46 heavy (non-hydrogen) atoms. The first-order chi connectivity index (χ1) is 21.6. The van der Waals surface area contributed by atoms with E-state index in [0.717, 1.165) is 24.7 Å². The normalized spacial score (nSPS) is 23.7. The number of ether oxygens (including phenoxy) is 2. The number of nitrogens with two attached hydrogens (primary N) is 1. The first kappa shape index (κ1) is 35.5. The number of carbonyl (C=O) groups is 2. The zero-order valence-electron chi connectivity index (χ0n) is 28.0. The molecular weight excluding hydrogens is 604 g/mol. The summed E-state index contributed by atoms with van der Waals surface area (Å²) in [5, 5.41) is 10.3. The van der Waals surface area contributed by atoms with E-state index < -0.39 is 40.6 Å². The second-order valence-corrected chi connectivity index (χ2v) is 14.5. The van der Waals surface area contributed by atoms with E-state index in [4.69, 9.17) is 24.6 Å². The summed E-state index contributed by atoms with van der Waals surface area (Å²) in [6.45, 7) is 15.8. The number of oxazole rings is 1. The number of amides is 1. The average Bonchev–Trinajstić information content (AvgIpc) is 3.36. The van der Waals surface area contributed by atoms with Crippen molar-refractivity contribution in [2.24, 2.45) is 28.2 Å². The number of carbonyl (C=O) groups excluding carboxylic acids is 2. The molecule has 3 unspecified atom stereocenters. The lowest BCUT2D eigenvalue weighted by atomic mass is 9.88. The van der Waals surface area contributed by atoms with Gasteiger partial charge >= 0.3 is 0 Å². The molecule has 3 N–H and O–H groups in total. The highest BCUT2D eigenvalue weighted by Crippen LogP contribution is 2.41. The summed E-state index contributed by atoms with van der Waals surface area (Å²) in [5.74, 6) is 2.71. The Morgan fingerprint density at radius 2 is 1.98 bits per heavy atom. The number of aliphatic hydroxyl groups excluding tert-OH is 1. The van der Waals surface area contributed by atoms with Crippen molar-refractivity contribution < 1.29 is 28.6 Å². The second kappa shape index (κ2) is 15.1. The highest BCUT2D eigenvalue weighted by molar-refractivity contribution is 7.96. The third-order valence-corrected chi connectivity index (χ3v) is 9.30. The number of benzene rings is 1. The van der Waals surface area contributed by atoms with Crippen LogP contribution in [0.15, 0.2) is 46.0 Å². The Bertz CT molecular complexity index is 1430. The van der Waals surface area contributed by atoms with Crippen LogP contribution in [0.25, 0.3) is 0 Å². The molecule has 1 aliphatic heterocycles. The van der Waals surface area contributed by atoms with Gasteiger partial charge in [0.05, 0.1) is 24.1 Å². The Balaban J connectivity index is 1.55. The molecule has 2 fully saturated rings. The molecular formula is C35H50N4O6S. The van der Waals surface area contributed by atoms with Crippen molar-refractivity contribution in [3.05, 3.63) is 48.2 Å². The number of anilines is 1. The monoisotopic (exact) mass is 654 g/mol. The Kier molecular flexibility index (Phi) is 11.6. The molecule has 1 saturated carbocycles. The highest BCUT2D eigenvalue weighted by Gasteiger charge is 2.48. The van der Waals surface area contributed by atoms with Crippen LogP contribution in [0.2, 0.25) is 0 Å². The number of aromatic nitrogens is 1. The van der Waals surface area contributed by atoms with Gasteiger partial charge in [0.2, 0.25) is 16.9 Å². The predicted octanol–water partition coefficient (Wildman–Crippen LogP) is 6.43. The molecule has 2 aliphatic rings. The van der Waals surface area contributed by atoms with Crippen LogP contribution in [0.1, 0.15) is 84.8 Å². The molecule has 6 atom stereocenters. The maximum atomic E-state index is 13.4. The molecule has 1 saturated heterocycles. The van der Waals surface area contributed by atoms with Gasteiger partial charge in [0, 0.05) is 17.6 Å². The molecule has 2 heterocycles. The Labute approximate surface area is 278 Å². The third kappa shape index (κ3) is 9.15. The molecule has 0 radical (unpaired) electrons. The summed E-state index contributed by atoms with van der Waals surface area (Å²) in [7, 11) is 0. The molecule has 0 spiro atoms. The number of rotatable bonds is 14. The number of aliphatic imine (C=N–C) groups is 1. The zero-order chi connectivity index (χ0) is 33.8. The number of thiol groups is 1. The lowest BCUT2D eigenvalue weighted by Gasteiger charge is -2.31. The maximum absolute atomic E-state index is 13.4. The fourth-order valence-electron chi connectivity index (χ4n) is 5.81. The Morgan fingerprint density at radius 1 is 1.26 bits per heavy atom. The topological polar surface area (TPSA) is 140 Å². The fraction of sp³-hybridized carbons (Fsp3) is 0.600. The van der Waals surface area contributed by atoms with Gasteiger partial charge < -0.3 is 29.6 Å². The predicted molar refractivity (Wildman–Crippen MR) is 182 cm³/mol. The number of hydrogen-bond acceptors (Lipinski definition) is 9. The summed E-state index contributed by atoms with van der Waals surface area (Å²) < 4.78 is 17.9. The van der Waals surface area contributed by atoms with Crippen LogP contribution in [0.3, 0.4) is 0 Å². The molecule has 1 aromatic carbocycles. The van der Waals surface area contributed by atoms with E-state index in [9.17, 15) is 14.7 Å².